The molecule has 3 N–H and O–H groups in total. The molecule has 1 aliphatic heterocycles. The van der Waals surface area contributed by atoms with Gasteiger partial charge in [0.15, 0.2) is 0 Å². The van der Waals surface area contributed by atoms with Gasteiger partial charge in [-0.15, -0.1) is 11.3 Å². The molecule has 2 heterocycles. The van der Waals surface area contributed by atoms with Crippen molar-refractivity contribution >= 4 is 29.0 Å². The number of carbonyl (C=O) groups excluding carboxylic acids is 1. The minimum Gasteiger partial charge on any atom is -0.348 e. The normalized spacial score (nSPS) is 18.5. The second kappa shape index (κ2) is 6.99. The van der Waals surface area contributed by atoms with Gasteiger partial charge in [-0.05, 0) is 37.1 Å². The van der Waals surface area contributed by atoms with E-state index in [0.717, 1.165) is 27.5 Å². The lowest BCUT2D eigenvalue weighted by Crippen LogP contribution is -2.37. The molecule has 1 fully saturated rings. The van der Waals surface area contributed by atoms with Gasteiger partial charge in [-0.25, -0.2) is 0 Å². The van der Waals surface area contributed by atoms with Crippen LogP contribution in [-0.4, -0.2) is 30.0 Å². The molecule has 1 saturated heterocycles. The van der Waals surface area contributed by atoms with Crippen LogP contribution in [-0.2, 0) is 0 Å². The van der Waals surface area contributed by atoms with Crippen molar-refractivity contribution in [3.05, 3.63) is 21.4 Å². The molecular formula is C14H18N2OS2. The van der Waals surface area contributed by atoms with Crippen molar-refractivity contribution < 1.29 is 4.79 Å². The summed E-state index contributed by atoms with van der Waals surface area (Å²) in [7, 11) is 0. The highest BCUT2D eigenvalue weighted by atomic mass is 32.2. The molecule has 5 heteroatoms. The predicted molar refractivity (Wildman–Crippen MR) is 82.8 cm³/mol. The Morgan fingerprint density at radius 3 is 3.16 bits per heavy atom. The van der Waals surface area contributed by atoms with Crippen molar-refractivity contribution in [2.24, 2.45) is 5.73 Å². The van der Waals surface area contributed by atoms with Crippen molar-refractivity contribution in [3.63, 3.8) is 0 Å². The summed E-state index contributed by atoms with van der Waals surface area (Å²) >= 11 is 3.36. The lowest BCUT2D eigenvalue weighted by molar-refractivity contribution is 0.0942. The zero-order chi connectivity index (χ0) is 13.7. The third-order valence-corrected chi connectivity index (χ3v) is 5.31. The molecule has 19 heavy (non-hydrogen) atoms. The van der Waals surface area contributed by atoms with Crippen LogP contribution >= 0.6 is 23.1 Å². The van der Waals surface area contributed by atoms with Gasteiger partial charge in [-0.3, -0.25) is 4.79 Å². The number of aryl methyl sites for hydroxylation is 1. The van der Waals surface area contributed by atoms with Gasteiger partial charge in [0.2, 0.25) is 0 Å². The minimum absolute atomic E-state index is 0.0291. The summed E-state index contributed by atoms with van der Waals surface area (Å²) in [6.45, 7) is 2.32. The number of thiophene rings is 1. The molecule has 2 rings (SSSR count). The number of carbonyl (C=O) groups is 1. The lowest BCUT2D eigenvalue weighted by Gasteiger charge is -2.22. The zero-order valence-corrected chi connectivity index (χ0v) is 12.6. The van der Waals surface area contributed by atoms with Gasteiger partial charge in [-0.2, -0.15) is 11.8 Å². The maximum atomic E-state index is 12.2. The Morgan fingerprint density at radius 1 is 1.63 bits per heavy atom. The first-order chi connectivity index (χ1) is 9.20. The molecule has 1 atom stereocenters. The van der Waals surface area contributed by atoms with Gasteiger partial charge < -0.3 is 11.1 Å². The Bertz CT molecular complexity index is 507. The fraction of sp³-hybridized carbons (Fsp3) is 0.500. The monoisotopic (exact) mass is 294 g/mol. The molecule has 1 amide bonds. The molecule has 0 radical (unpaired) electrons. The predicted octanol–water partition coefficient (Wildman–Crippen LogP) is 1.99. The van der Waals surface area contributed by atoms with Gasteiger partial charge in [0.25, 0.3) is 5.91 Å². The molecule has 1 aliphatic rings. The quantitative estimate of drug-likeness (QED) is 0.820. The summed E-state index contributed by atoms with van der Waals surface area (Å²) in [5, 5.41) is 3.11. The van der Waals surface area contributed by atoms with Gasteiger partial charge in [0.1, 0.15) is 0 Å². The smallest absolute Gasteiger partial charge is 0.261 e. The van der Waals surface area contributed by atoms with Gasteiger partial charge in [0.05, 0.1) is 16.3 Å². The van der Waals surface area contributed by atoms with Crippen molar-refractivity contribution in [2.75, 3.05) is 18.1 Å². The van der Waals surface area contributed by atoms with E-state index in [4.69, 9.17) is 5.73 Å². The summed E-state index contributed by atoms with van der Waals surface area (Å²) in [5.41, 5.74) is 6.42. The molecule has 0 spiro atoms. The highest BCUT2D eigenvalue weighted by molar-refractivity contribution is 7.99. The zero-order valence-electron chi connectivity index (χ0n) is 11.0. The Kier molecular flexibility index (Phi) is 5.32. The first-order valence-corrected chi connectivity index (χ1v) is 8.36. The SMILES string of the molecule is Cc1cc(C(=O)NC2CCCSC2)sc1C#CCN. The Morgan fingerprint density at radius 2 is 2.47 bits per heavy atom. The molecule has 1 unspecified atom stereocenters. The highest BCUT2D eigenvalue weighted by Crippen LogP contribution is 2.22. The number of rotatable bonds is 2. The molecule has 0 aromatic carbocycles. The average molecular weight is 294 g/mol. The summed E-state index contributed by atoms with van der Waals surface area (Å²) in [6.07, 6.45) is 2.27. The van der Waals surface area contributed by atoms with Crippen molar-refractivity contribution in [1.82, 2.24) is 5.32 Å². The first kappa shape index (κ1) is 14.4. The van der Waals surface area contributed by atoms with Crippen LogP contribution in [0.25, 0.3) is 0 Å². The van der Waals surface area contributed by atoms with Crippen LogP contribution in [0, 0.1) is 18.8 Å². The van der Waals surface area contributed by atoms with E-state index in [9.17, 15) is 4.79 Å². The first-order valence-electron chi connectivity index (χ1n) is 6.38. The van der Waals surface area contributed by atoms with Gasteiger partial charge in [0, 0.05) is 11.8 Å². The summed E-state index contributed by atoms with van der Waals surface area (Å²) in [4.78, 5) is 13.9. The minimum atomic E-state index is 0.0291. The van der Waals surface area contributed by atoms with Crippen LogP contribution < -0.4 is 11.1 Å². The topological polar surface area (TPSA) is 55.1 Å². The van der Waals surface area contributed by atoms with E-state index in [1.165, 1.54) is 23.5 Å². The Labute approximate surface area is 122 Å². The van der Waals surface area contributed by atoms with E-state index in [2.05, 4.69) is 17.2 Å². The molecule has 0 aliphatic carbocycles. The number of nitrogens with two attached hydrogens (primary N) is 1. The maximum Gasteiger partial charge on any atom is 0.261 e. The number of thioether (sulfide) groups is 1. The Balaban J connectivity index is 2.02. The molecule has 0 saturated carbocycles. The van der Waals surface area contributed by atoms with E-state index >= 15 is 0 Å². The average Bonchev–Trinajstić information content (AvgIpc) is 2.79. The maximum absolute atomic E-state index is 12.2. The third kappa shape index (κ3) is 4.00. The van der Waals surface area contributed by atoms with E-state index in [-0.39, 0.29) is 5.91 Å². The van der Waals surface area contributed by atoms with Gasteiger partial charge >= 0.3 is 0 Å². The molecule has 1 aromatic heterocycles. The van der Waals surface area contributed by atoms with Crippen LogP contribution in [0.15, 0.2) is 6.07 Å². The summed E-state index contributed by atoms with van der Waals surface area (Å²) < 4.78 is 0. The van der Waals surface area contributed by atoms with Crippen LogP contribution in [0.2, 0.25) is 0 Å². The number of hydrogen-bond donors (Lipinski definition) is 2. The third-order valence-electron chi connectivity index (χ3n) is 2.94. The number of hydrogen-bond acceptors (Lipinski definition) is 4. The molecule has 102 valence electrons. The largest absolute Gasteiger partial charge is 0.348 e. The lowest BCUT2D eigenvalue weighted by atomic mass is 10.2. The van der Waals surface area contributed by atoms with Crippen LogP contribution in [0.3, 0.4) is 0 Å². The standard InChI is InChI=1S/C14H18N2OS2/c1-10-8-13(19-12(10)5-2-6-15)14(17)16-11-4-3-7-18-9-11/h8,11H,3-4,6-7,9,15H2,1H3,(H,16,17). The van der Waals surface area contributed by atoms with Crippen LogP contribution in [0.4, 0.5) is 0 Å². The molecule has 0 bridgehead atoms. The van der Waals surface area contributed by atoms with E-state index < -0.39 is 0 Å². The van der Waals surface area contributed by atoms with E-state index in [1.54, 1.807) is 0 Å². The van der Waals surface area contributed by atoms with E-state index in [1.807, 2.05) is 24.8 Å². The second-order valence-corrected chi connectivity index (χ2v) is 6.72. The van der Waals surface area contributed by atoms with Crippen molar-refractivity contribution in [3.8, 4) is 11.8 Å². The van der Waals surface area contributed by atoms with Gasteiger partial charge in [-0.1, -0.05) is 11.8 Å². The summed E-state index contributed by atoms with van der Waals surface area (Å²) in [6, 6.07) is 2.23. The van der Waals surface area contributed by atoms with E-state index in [0.29, 0.717) is 12.6 Å². The van der Waals surface area contributed by atoms with Crippen molar-refractivity contribution in [2.45, 2.75) is 25.8 Å². The fourth-order valence-corrected chi connectivity index (χ4v) is 3.98. The van der Waals surface area contributed by atoms with Crippen LogP contribution in [0.1, 0.15) is 33.0 Å². The summed E-state index contributed by atoms with van der Waals surface area (Å²) in [5.74, 6) is 8.11. The second-order valence-electron chi connectivity index (χ2n) is 4.52. The molecule has 3 nitrogen and oxygen atoms in total. The number of amides is 1. The Hall–Kier alpha value is -0.960. The highest BCUT2D eigenvalue weighted by Gasteiger charge is 2.18. The van der Waals surface area contributed by atoms with Crippen molar-refractivity contribution in [1.29, 1.82) is 0 Å². The fourth-order valence-electron chi connectivity index (χ4n) is 1.96. The molecule has 1 aromatic rings. The van der Waals surface area contributed by atoms with Crippen LogP contribution in [0.5, 0.6) is 0 Å². The molecular weight excluding hydrogens is 276 g/mol. The number of nitrogens with one attached hydrogen (secondary N) is 1.